The summed E-state index contributed by atoms with van der Waals surface area (Å²) >= 11 is 0. The standard InChI is InChI=1S/C23H34O2/c1-7-20-13-10-14-21(23(20)17(3)4)15-18(5)11-9-12-19(6)16-22(24)25-8-2/h9,11-12,15-17H,7-8,10,13-14H2,1-6H3/b12-9+,18-11-,19-16+,21-15+. The van der Waals surface area contributed by atoms with Crippen molar-refractivity contribution in [3.8, 4) is 0 Å². The summed E-state index contributed by atoms with van der Waals surface area (Å²) in [7, 11) is 0. The molecule has 0 fully saturated rings. The first-order valence-electron chi connectivity index (χ1n) is 9.51. The zero-order valence-corrected chi connectivity index (χ0v) is 16.8. The number of carbonyl (C=O) groups is 1. The molecule has 0 heterocycles. The third-order valence-electron chi connectivity index (χ3n) is 4.41. The number of rotatable bonds is 7. The van der Waals surface area contributed by atoms with Gasteiger partial charge in [-0.2, -0.15) is 0 Å². The first-order chi connectivity index (χ1) is 11.9. The molecule has 0 unspecified atom stereocenters. The molecule has 0 aromatic rings. The topological polar surface area (TPSA) is 26.3 Å². The van der Waals surface area contributed by atoms with Gasteiger partial charge < -0.3 is 4.74 Å². The van der Waals surface area contributed by atoms with E-state index in [0.29, 0.717) is 12.5 Å². The van der Waals surface area contributed by atoms with Crippen LogP contribution in [0.1, 0.15) is 67.2 Å². The van der Waals surface area contributed by atoms with E-state index in [9.17, 15) is 4.79 Å². The maximum absolute atomic E-state index is 11.4. The Kier molecular flexibility index (Phi) is 9.26. The molecule has 0 N–H and O–H groups in total. The number of esters is 1. The number of carbonyl (C=O) groups excluding carboxylic acids is 1. The van der Waals surface area contributed by atoms with Crippen molar-refractivity contribution in [3.05, 3.63) is 58.2 Å². The molecule has 0 saturated heterocycles. The molecular weight excluding hydrogens is 308 g/mol. The highest BCUT2D eigenvalue weighted by atomic mass is 16.5. The number of ether oxygens (including phenoxy) is 1. The van der Waals surface area contributed by atoms with Crippen LogP contribution in [0, 0.1) is 5.92 Å². The van der Waals surface area contributed by atoms with Gasteiger partial charge in [0.1, 0.15) is 0 Å². The van der Waals surface area contributed by atoms with Gasteiger partial charge in [-0.05, 0) is 69.1 Å². The average Bonchev–Trinajstić information content (AvgIpc) is 2.54. The van der Waals surface area contributed by atoms with Crippen molar-refractivity contribution < 1.29 is 9.53 Å². The van der Waals surface area contributed by atoms with Gasteiger partial charge in [0.05, 0.1) is 6.61 Å². The summed E-state index contributed by atoms with van der Waals surface area (Å²) in [5, 5.41) is 0. The molecule has 1 rings (SSSR count). The van der Waals surface area contributed by atoms with Crippen LogP contribution in [0.15, 0.2) is 58.2 Å². The summed E-state index contributed by atoms with van der Waals surface area (Å²) in [6.07, 6.45) is 14.7. The lowest BCUT2D eigenvalue weighted by Crippen LogP contribution is -2.08. The van der Waals surface area contributed by atoms with E-state index in [2.05, 4.69) is 39.8 Å². The van der Waals surface area contributed by atoms with Crippen molar-refractivity contribution in [2.45, 2.75) is 67.2 Å². The minimum absolute atomic E-state index is 0.284. The van der Waals surface area contributed by atoms with E-state index in [1.807, 2.05) is 26.0 Å². The lowest BCUT2D eigenvalue weighted by Gasteiger charge is -2.26. The molecule has 0 aromatic carbocycles. The maximum Gasteiger partial charge on any atom is 0.330 e. The SMILES string of the molecule is CCOC(=O)/C=C(C)/C=C/C=C(C)\C=C1/CCCC(CC)=C1C(C)C. The molecule has 0 aromatic heterocycles. The lowest BCUT2D eigenvalue weighted by molar-refractivity contribution is -0.137. The van der Waals surface area contributed by atoms with Crippen LogP contribution >= 0.6 is 0 Å². The molecule has 2 nitrogen and oxygen atoms in total. The predicted octanol–water partition coefficient (Wildman–Crippen LogP) is 6.47. The Bertz CT molecular complexity index is 610. The Hall–Kier alpha value is -1.83. The van der Waals surface area contributed by atoms with Gasteiger partial charge in [0, 0.05) is 6.08 Å². The summed E-state index contributed by atoms with van der Waals surface area (Å²) in [6, 6.07) is 0. The molecule has 0 bridgehead atoms. The maximum atomic E-state index is 11.4. The summed E-state index contributed by atoms with van der Waals surface area (Å²) in [5.41, 5.74) is 6.83. The van der Waals surface area contributed by atoms with Gasteiger partial charge in [0.15, 0.2) is 0 Å². The molecule has 138 valence electrons. The van der Waals surface area contributed by atoms with Gasteiger partial charge in [0.25, 0.3) is 0 Å². The quantitative estimate of drug-likeness (QED) is 0.301. The van der Waals surface area contributed by atoms with Crippen molar-refractivity contribution in [1.82, 2.24) is 0 Å². The third-order valence-corrected chi connectivity index (χ3v) is 4.41. The summed E-state index contributed by atoms with van der Waals surface area (Å²) in [5.74, 6) is 0.299. The van der Waals surface area contributed by atoms with E-state index in [4.69, 9.17) is 4.74 Å². The number of hydrogen-bond acceptors (Lipinski definition) is 2. The summed E-state index contributed by atoms with van der Waals surface area (Å²) < 4.78 is 4.92. The van der Waals surface area contributed by atoms with E-state index < -0.39 is 0 Å². The first kappa shape index (κ1) is 21.2. The fourth-order valence-corrected chi connectivity index (χ4v) is 3.38. The van der Waals surface area contributed by atoms with Crippen LogP contribution in [0.2, 0.25) is 0 Å². The molecular formula is C23H34O2. The van der Waals surface area contributed by atoms with Crippen LogP contribution in [0.4, 0.5) is 0 Å². The molecule has 2 heteroatoms. The predicted molar refractivity (Wildman–Crippen MR) is 107 cm³/mol. The van der Waals surface area contributed by atoms with E-state index in [1.165, 1.54) is 36.5 Å². The Balaban J connectivity index is 2.90. The van der Waals surface area contributed by atoms with Crippen LogP contribution < -0.4 is 0 Å². The molecule has 0 aliphatic heterocycles. The van der Waals surface area contributed by atoms with Crippen LogP contribution in [-0.4, -0.2) is 12.6 Å². The van der Waals surface area contributed by atoms with Crippen LogP contribution in [0.5, 0.6) is 0 Å². The minimum Gasteiger partial charge on any atom is -0.463 e. The second-order valence-corrected chi connectivity index (χ2v) is 6.96. The second kappa shape index (κ2) is 10.9. The van der Waals surface area contributed by atoms with Gasteiger partial charge in [-0.1, -0.05) is 56.2 Å². The molecule has 0 radical (unpaired) electrons. The largest absolute Gasteiger partial charge is 0.463 e. The van der Waals surface area contributed by atoms with Crippen LogP contribution in [-0.2, 0) is 9.53 Å². The van der Waals surface area contributed by atoms with Gasteiger partial charge in [-0.25, -0.2) is 4.79 Å². The molecule has 0 spiro atoms. The second-order valence-electron chi connectivity index (χ2n) is 6.96. The average molecular weight is 343 g/mol. The number of allylic oxidation sites excluding steroid dienone is 9. The summed E-state index contributed by atoms with van der Waals surface area (Å²) in [6.45, 7) is 13.1. The molecule has 1 aliphatic rings. The molecule has 0 amide bonds. The van der Waals surface area contributed by atoms with Crippen LogP contribution in [0.3, 0.4) is 0 Å². The molecule has 0 atom stereocenters. The van der Waals surface area contributed by atoms with Crippen molar-refractivity contribution >= 4 is 5.97 Å². The monoisotopic (exact) mass is 342 g/mol. The molecule has 0 saturated carbocycles. The van der Waals surface area contributed by atoms with E-state index >= 15 is 0 Å². The zero-order chi connectivity index (χ0) is 18.8. The van der Waals surface area contributed by atoms with E-state index in [0.717, 1.165) is 12.0 Å². The van der Waals surface area contributed by atoms with Crippen molar-refractivity contribution in [2.75, 3.05) is 6.61 Å². The van der Waals surface area contributed by atoms with Crippen molar-refractivity contribution in [1.29, 1.82) is 0 Å². The first-order valence-corrected chi connectivity index (χ1v) is 9.51. The zero-order valence-electron chi connectivity index (χ0n) is 16.8. The van der Waals surface area contributed by atoms with Crippen molar-refractivity contribution in [2.24, 2.45) is 5.92 Å². The van der Waals surface area contributed by atoms with Gasteiger partial charge in [-0.3, -0.25) is 0 Å². The van der Waals surface area contributed by atoms with Gasteiger partial charge in [-0.15, -0.1) is 0 Å². The van der Waals surface area contributed by atoms with Gasteiger partial charge >= 0.3 is 5.97 Å². The Morgan fingerprint density at radius 1 is 1.16 bits per heavy atom. The van der Waals surface area contributed by atoms with Crippen LogP contribution in [0.25, 0.3) is 0 Å². The summed E-state index contributed by atoms with van der Waals surface area (Å²) in [4.78, 5) is 11.4. The highest BCUT2D eigenvalue weighted by molar-refractivity contribution is 5.83. The normalized spacial score (nSPS) is 18.6. The van der Waals surface area contributed by atoms with E-state index in [1.54, 1.807) is 11.1 Å². The Morgan fingerprint density at radius 3 is 2.48 bits per heavy atom. The van der Waals surface area contributed by atoms with E-state index in [-0.39, 0.29) is 5.97 Å². The Morgan fingerprint density at radius 2 is 1.88 bits per heavy atom. The smallest absolute Gasteiger partial charge is 0.330 e. The highest BCUT2D eigenvalue weighted by Gasteiger charge is 2.18. The van der Waals surface area contributed by atoms with Crippen molar-refractivity contribution in [3.63, 3.8) is 0 Å². The Labute approximate surface area is 154 Å². The molecule has 25 heavy (non-hydrogen) atoms. The third kappa shape index (κ3) is 7.29. The highest BCUT2D eigenvalue weighted by Crippen LogP contribution is 2.36. The number of hydrogen-bond donors (Lipinski definition) is 0. The molecule has 1 aliphatic carbocycles. The van der Waals surface area contributed by atoms with Gasteiger partial charge in [0.2, 0.25) is 0 Å². The fourth-order valence-electron chi connectivity index (χ4n) is 3.38. The minimum atomic E-state index is -0.284. The fraction of sp³-hybridized carbons (Fsp3) is 0.522. The lowest BCUT2D eigenvalue weighted by atomic mass is 9.80.